The average molecular weight is 515 g/mol. The van der Waals surface area contributed by atoms with Crippen LogP contribution >= 0.6 is 0 Å². The van der Waals surface area contributed by atoms with Gasteiger partial charge in [0, 0.05) is 35.8 Å². The maximum absolute atomic E-state index is 14.5. The number of carbonyl (C=O) groups is 1. The summed E-state index contributed by atoms with van der Waals surface area (Å²) in [6.07, 6.45) is 1.53. The number of aryl methyl sites for hydroxylation is 2. The number of nitrogens with zero attached hydrogens (tertiary/aromatic N) is 2. The highest BCUT2D eigenvalue weighted by molar-refractivity contribution is 5.69. The van der Waals surface area contributed by atoms with E-state index in [9.17, 15) is 14.3 Å². The van der Waals surface area contributed by atoms with Crippen LogP contribution in [0.2, 0.25) is 0 Å². The zero-order valence-electron chi connectivity index (χ0n) is 21.8. The fourth-order valence-electron chi connectivity index (χ4n) is 5.35. The van der Waals surface area contributed by atoms with Crippen molar-refractivity contribution in [3.05, 3.63) is 101 Å². The lowest BCUT2D eigenvalue weighted by Crippen LogP contribution is -2.31. The van der Waals surface area contributed by atoms with Crippen LogP contribution in [0, 0.1) is 19.7 Å². The van der Waals surface area contributed by atoms with Crippen LogP contribution in [0.1, 0.15) is 46.9 Å². The fraction of sp³-hybridized carbons (Fsp3) is 0.290. The number of halogens is 1. The largest absolute Gasteiger partial charge is 0.497 e. The summed E-state index contributed by atoms with van der Waals surface area (Å²) in [5.74, 6) is 0.450. The van der Waals surface area contributed by atoms with Gasteiger partial charge in [-0.25, -0.2) is 4.39 Å². The lowest BCUT2D eigenvalue weighted by atomic mass is 9.95. The molecule has 0 saturated carbocycles. The van der Waals surface area contributed by atoms with E-state index in [1.54, 1.807) is 19.2 Å². The van der Waals surface area contributed by atoms with Crippen molar-refractivity contribution in [2.75, 3.05) is 18.6 Å². The smallest absolute Gasteiger partial charge is 0.305 e. The average Bonchev–Trinajstić information content (AvgIpc) is 3.52. The van der Waals surface area contributed by atoms with E-state index < -0.39 is 5.97 Å². The summed E-state index contributed by atoms with van der Waals surface area (Å²) in [6, 6.07) is 20.9. The first-order valence-electron chi connectivity index (χ1n) is 12.7. The zero-order valence-corrected chi connectivity index (χ0v) is 21.8. The predicted octanol–water partition coefficient (Wildman–Crippen LogP) is 6.53. The third kappa shape index (κ3) is 5.42. The third-order valence-electron chi connectivity index (χ3n) is 7.36. The molecule has 5 rings (SSSR count). The highest BCUT2D eigenvalue weighted by atomic mass is 19.1. The molecule has 0 amide bonds. The van der Waals surface area contributed by atoms with Crippen LogP contribution in [-0.4, -0.2) is 35.9 Å². The summed E-state index contributed by atoms with van der Waals surface area (Å²) in [5.41, 5.74) is 6.55. The van der Waals surface area contributed by atoms with E-state index in [1.807, 2.05) is 38.1 Å². The van der Waals surface area contributed by atoms with Gasteiger partial charge in [0.25, 0.3) is 0 Å². The molecule has 0 bridgehead atoms. The summed E-state index contributed by atoms with van der Waals surface area (Å²) in [4.78, 5) is 13.7. The summed E-state index contributed by atoms with van der Waals surface area (Å²) in [7, 11) is 1.57. The van der Waals surface area contributed by atoms with Crippen molar-refractivity contribution in [2.24, 2.45) is 0 Å². The van der Waals surface area contributed by atoms with Crippen molar-refractivity contribution < 1.29 is 23.6 Å². The molecule has 1 fully saturated rings. The second-order valence-electron chi connectivity index (χ2n) is 10.0. The minimum Gasteiger partial charge on any atom is -0.497 e. The number of benzene rings is 3. The Labute approximate surface area is 221 Å². The second-order valence-corrected chi connectivity index (χ2v) is 10.0. The standard InChI is InChI=1S/C31H31FN2O4/c1-19-12-23(28-17-27(37-3)10-11-29(28)32)7-6-22(19)14-21-4-8-25(9-5-21)34-18-24(15-26(34)16-31(35)36)30-13-20(2)33-38-30/h4-13,17,24,26H,14-16,18H2,1-3H3,(H,35,36). The number of aliphatic carboxylic acids is 1. The van der Waals surface area contributed by atoms with Gasteiger partial charge in [0.1, 0.15) is 17.3 Å². The number of carboxylic acids is 1. The summed E-state index contributed by atoms with van der Waals surface area (Å²) in [5, 5.41) is 13.5. The molecule has 1 aliphatic heterocycles. The molecule has 7 heteroatoms. The van der Waals surface area contributed by atoms with Crippen molar-refractivity contribution in [2.45, 2.75) is 45.1 Å². The van der Waals surface area contributed by atoms with Gasteiger partial charge in [-0.3, -0.25) is 4.79 Å². The molecule has 196 valence electrons. The Kier molecular flexibility index (Phi) is 7.18. The molecule has 1 saturated heterocycles. The molecule has 3 aromatic carbocycles. The normalized spacial score (nSPS) is 17.1. The summed E-state index contributed by atoms with van der Waals surface area (Å²) >= 11 is 0. The van der Waals surface area contributed by atoms with Gasteiger partial charge in [-0.05, 0) is 79.3 Å². The number of hydrogen-bond acceptors (Lipinski definition) is 5. The van der Waals surface area contributed by atoms with Crippen LogP contribution in [0.25, 0.3) is 11.1 Å². The molecule has 2 atom stereocenters. The highest BCUT2D eigenvalue weighted by Crippen LogP contribution is 2.37. The van der Waals surface area contributed by atoms with Gasteiger partial charge in [-0.2, -0.15) is 0 Å². The van der Waals surface area contributed by atoms with E-state index in [2.05, 4.69) is 34.3 Å². The number of methoxy groups -OCH3 is 1. The van der Waals surface area contributed by atoms with Crippen LogP contribution < -0.4 is 9.64 Å². The van der Waals surface area contributed by atoms with E-state index in [-0.39, 0.29) is 24.2 Å². The molecule has 1 aromatic heterocycles. The van der Waals surface area contributed by atoms with Crippen molar-refractivity contribution in [3.63, 3.8) is 0 Å². The fourth-order valence-corrected chi connectivity index (χ4v) is 5.35. The van der Waals surface area contributed by atoms with Crippen molar-refractivity contribution >= 4 is 11.7 Å². The Balaban J connectivity index is 1.32. The number of carboxylic acid groups (broad SMARTS) is 1. The molecule has 1 aliphatic rings. The molecular weight excluding hydrogens is 483 g/mol. The van der Waals surface area contributed by atoms with Gasteiger partial charge in [0.2, 0.25) is 0 Å². The van der Waals surface area contributed by atoms with E-state index in [0.717, 1.165) is 45.8 Å². The van der Waals surface area contributed by atoms with Gasteiger partial charge in [0.15, 0.2) is 0 Å². The molecular formula is C31H31FN2O4. The van der Waals surface area contributed by atoms with Gasteiger partial charge in [-0.1, -0.05) is 35.5 Å². The lowest BCUT2D eigenvalue weighted by Gasteiger charge is -2.26. The van der Waals surface area contributed by atoms with Crippen molar-refractivity contribution in [3.8, 4) is 16.9 Å². The Morgan fingerprint density at radius 3 is 2.55 bits per heavy atom. The van der Waals surface area contributed by atoms with E-state index >= 15 is 0 Å². The Morgan fingerprint density at radius 2 is 1.89 bits per heavy atom. The number of ether oxygens (including phenoxy) is 1. The number of rotatable bonds is 8. The summed E-state index contributed by atoms with van der Waals surface area (Å²) in [6.45, 7) is 4.62. The first kappa shape index (κ1) is 25.5. The monoisotopic (exact) mass is 514 g/mol. The summed E-state index contributed by atoms with van der Waals surface area (Å²) < 4.78 is 25.2. The molecule has 2 unspecified atom stereocenters. The van der Waals surface area contributed by atoms with Crippen LogP contribution in [-0.2, 0) is 11.2 Å². The van der Waals surface area contributed by atoms with E-state index in [4.69, 9.17) is 9.26 Å². The number of hydrogen-bond donors (Lipinski definition) is 1. The minimum atomic E-state index is -0.807. The quantitative estimate of drug-likeness (QED) is 0.288. The van der Waals surface area contributed by atoms with Crippen LogP contribution in [0.3, 0.4) is 0 Å². The highest BCUT2D eigenvalue weighted by Gasteiger charge is 2.36. The molecule has 6 nitrogen and oxygen atoms in total. The predicted molar refractivity (Wildman–Crippen MR) is 144 cm³/mol. The lowest BCUT2D eigenvalue weighted by molar-refractivity contribution is -0.137. The van der Waals surface area contributed by atoms with Gasteiger partial charge < -0.3 is 19.3 Å². The molecule has 4 aromatic rings. The third-order valence-corrected chi connectivity index (χ3v) is 7.36. The van der Waals surface area contributed by atoms with Crippen molar-refractivity contribution in [1.29, 1.82) is 0 Å². The molecule has 0 radical (unpaired) electrons. The van der Waals surface area contributed by atoms with E-state index in [0.29, 0.717) is 24.3 Å². The maximum Gasteiger partial charge on any atom is 0.305 e. The molecule has 0 aliphatic carbocycles. The minimum absolute atomic E-state index is 0.0742. The molecule has 1 N–H and O–H groups in total. The first-order chi connectivity index (χ1) is 18.3. The first-order valence-corrected chi connectivity index (χ1v) is 12.7. The van der Waals surface area contributed by atoms with Gasteiger partial charge in [-0.15, -0.1) is 0 Å². The topological polar surface area (TPSA) is 75.8 Å². The van der Waals surface area contributed by atoms with Gasteiger partial charge in [0.05, 0.1) is 19.2 Å². The molecule has 38 heavy (non-hydrogen) atoms. The molecule has 0 spiro atoms. The Bertz CT molecular complexity index is 1450. The number of aromatic nitrogens is 1. The van der Waals surface area contributed by atoms with Crippen LogP contribution in [0.4, 0.5) is 10.1 Å². The van der Waals surface area contributed by atoms with Gasteiger partial charge >= 0.3 is 5.97 Å². The molecule has 2 heterocycles. The Morgan fingerprint density at radius 1 is 1.11 bits per heavy atom. The number of anilines is 1. The van der Waals surface area contributed by atoms with Crippen LogP contribution in [0.5, 0.6) is 5.75 Å². The van der Waals surface area contributed by atoms with Crippen molar-refractivity contribution in [1.82, 2.24) is 5.16 Å². The maximum atomic E-state index is 14.5. The zero-order chi connectivity index (χ0) is 26.8. The Hall–Kier alpha value is -4.13. The van der Waals surface area contributed by atoms with Crippen LogP contribution in [0.15, 0.2) is 71.3 Å². The van der Waals surface area contributed by atoms with E-state index in [1.165, 1.54) is 6.07 Å². The SMILES string of the molecule is COc1ccc(F)c(-c2ccc(Cc3ccc(N4CC(c5cc(C)no5)CC4CC(=O)O)cc3)c(C)c2)c1. The second kappa shape index (κ2) is 10.7.